The van der Waals surface area contributed by atoms with Gasteiger partial charge in [0, 0.05) is 13.7 Å². The first-order valence-corrected chi connectivity index (χ1v) is 6.70. The van der Waals surface area contributed by atoms with Gasteiger partial charge in [0.1, 0.15) is 12.4 Å². The van der Waals surface area contributed by atoms with Crippen LogP contribution in [0, 0.1) is 0 Å². The minimum Gasteiger partial charge on any atom is -0.492 e. The quantitative estimate of drug-likeness (QED) is 0.676. The molecule has 0 fully saturated rings. The molecule has 5 nitrogen and oxygen atoms in total. The van der Waals surface area contributed by atoms with Crippen LogP contribution in [0.1, 0.15) is 5.56 Å². The first kappa shape index (κ1) is 18.2. The van der Waals surface area contributed by atoms with Crippen LogP contribution in [0.3, 0.4) is 0 Å². The van der Waals surface area contributed by atoms with Gasteiger partial charge in [0.25, 0.3) is 0 Å². The van der Waals surface area contributed by atoms with Gasteiger partial charge in [-0.05, 0) is 18.2 Å². The number of nitrogens with one attached hydrogen (secondary N) is 2. The van der Waals surface area contributed by atoms with Gasteiger partial charge in [-0.15, -0.1) is 0 Å². The van der Waals surface area contributed by atoms with Crippen molar-refractivity contribution < 1.29 is 27.4 Å². The van der Waals surface area contributed by atoms with Gasteiger partial charge >= 0.3 is 6.18 Å². The van der Waals surface area contributed by atoms with Crippen LogP contribution in [0.5, 0.6) is 5.75 Å². The van der Waals surface area contributed by atoms with E-state index in [1.165, 1.54) is 12.1 Å². The summed E-state index contributed by atoms with van der Waals surface area (Å²) in [6.45, 7) is 1.51. The van der Waals surface area contributed by atoms with E-state index in [0.29, 0.717) is 13.2 Å². The Morgan fingerprint density at radius 1 is 1.23 bits per heavy atom. The van der Waals surface area contributed by atoms with Crippen molar-refractivity contribution >= 4 is 5.91 Å². The molecule has 0 unspecified atom stereocenters. The number of amides is 1. The standard InChI is InChI=1S/C14H19F3N2O3/c1-21-7-5-18-10-13(20)19-6-8-22-12-4-2-3-11(9-12)14(15,16)17/h2-4,9,18H,5-8,10H2,1H3,(H,19,20). The van der Waals surface area contributed by atoms with Gasteiger partial charge in [-0.3, -0.25) is 4.79 Å². The van der Waals surface area contributed by atoms with Gasteiger partial charge in [-0.1, -0.05) is 6.07 Å². The van der Waals surface area contributed by atoms with Crippen molar-refractivity contribution in [3.8, 4) is 5.75 Å². The summed E-state index contributed by atoms with van der Waals surface area (Å²) in [5.41, 5.74) is -0.767. The summed E-state index contributed by atoms with van der Waals surface area (Å²) < 4.78 is 47.5. The highest BCUT2D eigenvalue weighted by molar-refractivity contribution is 5.77. The summed E-state index contributed by atoms with van der Waals surface area (Å²) in [5, 5.41) is 5.45. The molecule has 0 aromatic heterocycles. The second kappa shape index (κ2) is 9.26. The third kappa shape index (κ3) is 7.28. The highest BCUT2D eigenvalue weighted by Crippen LogP contribution is 2.31. The van der Waals surface area contributed by atoms with Crippen LogP contribution in [-0.2, 0) is 15.7 Å². The van der Waals surface area contributed by atoms with Crippen molar-refractivity contribution in [1.29, 1.82) is 0 Å². The molecule has 1 aromatic rings. The van der Waals surface area contributed by atoms with Crippen molar-refractivity contribution in [3.05, 3.63) is 29.8 Å². The van der Waals surface area contributed by atoms with E-state index in [1.807, 2.05) is 0 Å². The molecule has 1 aromatic carbocycles. The van der Waals surface area contributed by atoms with Crippen LogP contribution in [0.25, 0.3) is 0 Å². The zero-order valence-corrected chi connectivity index (χ0v) is 12.2. The predicted molar refractivity (Wildman–Crippen MR) is 74.7 cm³/mol. The van der Waals surface area contributed by atoms with Gasteiger partial charge in [-0.25, -0.2) is 0 Å². The van der Waals surface area contributed by atoms with E-state index < -0.39 is 11.7 Å². The van der Waals surface area contributed by atoms with E-state index in [1.54, 1.807) is 7.11 Å². The van der Waals surface area contributed by atoms with E-state index in [4.69, 9.17) is 9.47 Å². The topological polar surface area (TPSA) is 59.6 Å². The number of methoxy groups -OCH3 is 1. The summed E-state index contributed by atoms with van der Waals surface area (Å²) in [6, 6.07) is 4.61. The molecule has 0 aliphatic carbocycles. The molecule has 0 aliphatic heterocycles. The fraction of sp³-hybridized carbons (Fsp3) is 0.500. The van der Waals surface area contributed by atoms with E-state index in [2.05, 4.69) is 10.6 Å². The number of ether oxygens (including phenoxy) is 2. The van der Waals surface area contributed by atoms with Crippen molar-refractivity contribution in [2.45, 2.75) is 6.18 Å². The first-order valence-electron chi connectivity index (χ1n) is 6.70. The molecule has 2 N–H and O–H groups in total. The molecule has 0 saturated carbocycles. The molecular weight excluding hydrogens is 301 g/mol. The lowest BCUT2D eigenvalue weighted by Gasteiger charge is -2.11. The molecule has 8 heteroatoms. The summed E-state index contributed by atoms with van der Waals surface area (Å²) in [6.07, 6.45) is -4.40. The second-order valence-electron chi connectivity index (χ2n) is 4.39. The number of alkyl halides is 3. The molecule has 1 rings (SSSR count). The van der Waals surface area contributed by atoms with Crippen molar-refractivity contribution in [2.24, 2.45) is 0 Å². The molecule has 0 spiro atoms. The van der Waals surface area contributed by atoms with Gasteiger partial charge in [0.2, 0.25) is 5.91 Å². The van der Waals surface area contributed by atoms with Gasteiger partial charge in [0.15, 0.2) is 0 Å². The van der Waals surface area contributed by atoms with Crippen LogP contribution in [0.2, 0.25) is 0 Å². The SMILES string of the molecule is COCCNCC(=O)NCCOc1cccc(C(F)(F)F)c1. The van der Waals surface area contributed by atoms with Crippen LogP contribution in [-0.4, -0.2) is 45.9 Å². The second-order valence-corrected chi connectivity index (χ2v) is 4.39. The summed E-state index contributed by atoms with van der Waals surface area (Å²) >= 11 is 0. The largest absolute Gasteiger partial charge is 0.492 e. The maximum atomic E-state index is 12.5. The highest BCUT2D eigenvalue weighted by atomic mass is 19.4. The number of halogens is 3. The Balaban J connectivity index is 2.23. The maximum absolute atomic E-state index is 12.5. The zero-order chi connectivity index (χ0) is 16.4. The highest BCUT2D eigenvalue weighted by Gasteiger charge is 2.30. The number of hydrogen-bond donors (Lipinski definition) is 2. The minimum atomic E-state index is -4.40. The molecule has 22 heavy (non-hydrogen) atoms. The Morgan fingerprint density at radius 3 is 2.68 bits per heavy atom. The first-order chi connectivity index (χ1) is 10.4. The molecule has 0 aliphatic rings. The third-order valence-corrected chi connectivity index (χ3v) is 2.62. The molecule has 0 saturated heterocycles. The van der Waals surface area contributed by atoms with E-state index in [9.17, 15) is 18.0 Å². The lowest BCUT2D eigenvalue weighted by molar-refractivity contribution is -0.137. The van der Waals surface area contributed by atoms with E-state index in [0.717, 1.165) is 12.1 Å². The summed E-state index contributed by atoms with van der Waals surface area (Å²) in [7, 11) is 1.56. The number of benzene rings is 1. The number of carbonyl (C=O) groups is 1. The van der Waals surface area contributed by atoms with Crippen molar-refractivity contribution in [3.63, 3.8) is 0 Å². The average molecular weight is 320 g/mol. The van der Waals surface area contributed by atoms with Gasteiger partial charge in [-0.2, -0.15) is 13.2 Å². The molecule has 0 bridgehead atoms. The fourth-order valence-electron chi connectivity index (χ4n) is 1.56. The van der Waals surface area contributed by atoms with Crippen LogP contribution in [0.15, 0.2) is 24.3 Å². The fourth-order valence-corrected chi connectivity index (χ4v) is 1.56. The maximum Gasteiger partial charge on any atom is 0.416 e. The number of hydrogen-bond acceptors (Lipinski definition) is 4. The third-order valence-electron chi connectivity index (χ3n) is 2.62. The van der Waals surface area contributed by atoms with E-state index in [-0.39, 0.29) is 31.4 Å². The Kier molecular flexibility index (Phi) is 7.69. The molecule has 0 radical (unpaired) electrons. The molecular formula is C14H19F3N2O3. The van der Waals surface area contributed by atoms with Gasteiger partial charge < -0.3 is 20.1 Å². The number of rotatable bonds is 9. The van der Waals surface area contributed by atoms with Gasteiger partial charge in [0.05, 0.1) is 25.3 Å². The molecule has 124 valence electrons. The molecule has 1 amide bonds. The normalized spacial score (nSPS) is 11.3. The van der Waals surface area contributed by atoms with Crippen LogP contribution < -0.4 is 15.4 Å². The lowest BCUT2D eigenvalue weighted by Crippen LogP contribution is -2.37. The van der Waals surface area contributed by atoms with E-state index >= 15 is 0 Å². The monoisotopic (exact) mass is 320 g/mol. The van der Waals surface area contributed by atoms with Crippen LogP contribution >= 0.6 is 0 Å². The van der Waals surface area contributed by atoms with Crippen molar-refractivity contribution in [1.82, 2.24) is 10.6 Å². The average Bonchev–Trinajstić information content (AvgIpc) is 2.48. The minimum absolute atomic E-state index is 0.0884. The lowest BCUT2D eigenvalue weighted by atomic mass is 10.2. The smallest absolute Gasteiger partial charge is 0.416 e. The van der Waals surface area contributed by atoms with Crippen LogP contribution in [0.4, 0.5) is 13.2 Å². The molecule has 0 heterocycles. The summed E-state index contributed by atoms with van der Waals surface area (Å²) in [5.74, 6) is -0.106. The zero-order valence-electron chi connectivity index (χ0n) is 12.2. The Hall–Kier alpha value is -1.80. The predicted octanol–water partition coefficient (Wildman–Crippen LogP) is 1.44. The summed E-state index contributed by atoms with van der Waals surface area (Å²) in [4.78, 5) is 11.4. The Labute approximate surface area is 126 Å². The Morgan fingerprint density at radius 2 is 2.00 bits per heavy atom. The molecule has 0 atom stereocenters. The van der Waals surface area contributed by atoms with Crippen molar-refractivity contribution in [2.75, 3.05) is 40.0 Å². The number of carbonyl (C=O) groups excluding carboxylic acids is 1. The Bertz CT molecular complexity index is 467.